The molecule has 2 rings (SSSR count). The second kappa shape index (κ2) is 6.47. The molecule has 0 aliphatic carbocycles. The van der Waals surface area contributed by atoms with E-state index in [4.69, 9.17) is 0 Å². The lowest BCUT2D eigenvalue weighted by atomic mass is 10.1. The fourth-order valence-electron chi connectivity index (χ4n) is 1.62. The van der Waals surface area contributed by atoms with E-state index in [9.17, 15) is 9.18 Å². The van der Waals surface area contributed by atoms with Crippen LogP contribution in [0.3, 0.4) is 0 Å². The number of nitrogens with zero attached hydrogens (tertiary/aromatic N) is 1. The van der Waals surface area contributed by atoms with Gasteiger partial charge < -0.3 is 10.1 Å². The van der Waals surface area contributed by atoms with Gasteiger partial charge in [-0.15, -0.1) is 0 Å². The van der Waals surface area contributed by atoms with E-state index in [0.29, 0.717) is 16.9 Å². The molecule has 1 heterocycles. The zero-order valence-electron chi connectivity index (χ0n) is 10.7. The van der Waals surface area contributed by atoms with E-state index in [1.54, 1.807) is 12.3 Å². The van der Waals surface area contributed by atoms with Crippen LogP contribution in [0.15, 0.2) is 41.0 Å². The number of benzene rings is 1. The maximum atomic E-state index is 13.7. The molecule has 2 aromatic rings. The monoisotopic (exact) mass is 338 g/mol. The highest BCUT2D eigenvalue weighted by molar-refractivity contribution is 9.10. The average Bonchev–Trinajstić information content (AvgIpc) is 2.47. The first-order chi connectivity index (χ1) is 9.60. The summed E-state index contributed by atoms with van der Waals surface area (Å²) in [7, 11) is 1.29. The van der Waals surface area contributed by atoms with Crippen molar-refractivity contribution in [1.82, 2.24) is 4.98 Å². The molecule has 0 atom stereocenters. The number of carbonyl (C=O) groups is 1. The van der Waals surface area contributed by atoms with Gasteiger partial charge in [-0.1, -0.05) is 0 Å². The SMILES string of the molecule is COC(=O)c1ccc(F)c(CNc2ccc(Br)cn2)c1. The van der Waals surface area contributed by atoms with E-state index in [2.05, 4.69) is 31.0 Å². The van der Waals surface area contributed by atoms with Crippen molar-refractivity contribution in [1.29, 1.82) is 0 Å². The zero-order chi connectivity index (χ0) is 14.5. The van der Waals surface area contributed by atoms with Gasteiger partial charge >= 0.3 is 5.97 Å². The van der Waals surface area contributed by atoms with Crippen LogP contribution in [0.5, 0.6) is 0 Å². The van der Waals surface area contributed by atoms with E-state index >= 15 is 0 Å². The molecule has 1 aromatic heterocycles. The van der Waals surface area contributed by atoms with Gasteiger partial charge in [0.15, 0.2) is 0 Å². The minimum Gasteiger partial charge on any atom is -0.465 e. The lowest BCUT2D eigenvalue weighted by Crippen LogP contribution is -2.07. The van der Waals surface area contributed by atoms with Crippen LogP contribution in [-0.4, -0.2) is 18.1 Å². The van der Waals surface area contributed by atoms with Crippen LogP contribution < -0.4 is 5.32 Å². The molecule has 104 valence electrons. The molecule has 0 saturated heterocycles. The third kappa shape index (κ3) is 3.54. The first-order valence-corrected chi connectivity index (χ1v) is 6.61. The van der Waals surface area contributed by atoms with Crippen LogP contribution in [0.2, 0.25) is 0 Å². The van der Waals surface area contributed by atoms with Crippen molar-refractivity contribution in [3.63, 3.8) is 0 Å². The van der Waals surface area contributed by atoms with Crippen LogP contribution in [-0.2, 0) is 11.3 Å². The van der Waals surface area contributed by atoms with Gasteiger partial charge in [0.2, 0.25) is 0 Å². The molecular weight excluding hydrogens is 327 g/mol. The van der Waals surface area contributed by atoms with Gasteiger partial charge in [0.1, 0.15) is 11.6 Å². The number of carbonyl (C=O) groups excluding carboxylic acids is 1. The Morgan fingerprint density at radius 3 is 2.85 bits per heavy atom. The number of pyridine rings is 1. The molecule has 20 heavy (non-hydrogen) atoms. The first kappa shape index (κ1) is 14.5. The molecule has 4 nitrogen and oxygen atoms in total. The topological polar surface area (TPSA) is 51.2 Å². The third-order valence-electron chi connectivity index (χ3n) is 2.65. The molecule has 0 radical (unpaired) electrons. The van der Waals surface area contributed by atoms with E-state index in [0.717, 1.165) is 4.47 Å². The number of halogens is 2. The molecule has 6 heteroatoms. The van der Waals surface area contributed by atoms with Crippen molar-refractivity contribution in [3.05, 3.63) is 57.9 Å². The predicted octanol–water partition coefficient (Wildman–Crippen LogP) is 3.38. The van der Waals surface area contributed by atoms with E-state index in [1.807, 2.05) is 6.07 Å². The Balaban J connectivity index is 2.12. The number of hydrogen-bond donors (Lipinski definition) is 1. The quantitative estimate of drug-likeness (QED) is 0.868. The first-order valence-electron chi connectivity index (χ1n) is 5.82. The molecule has 0 aliphatic heterocycles. The maximum absolute atomic E-state index is 13.7. The van der Waals surface area contributed by atoms with Gasteiger partial charge in [0, 0.05) is 22.8 Å². The van der Waals surface area contributed by atoms with Crippen molar-refractivity contribution in [2.45, 2.75) is 6.54 Å². The summed E-state index contributed by atoms with van der Waals surface area (Å²) in [6, 6.07) is 7.70. The van der Waals surface area contributed by atoms with Crippen molar-refractivity contribution < 1.29 is 13.9 Å². The van der Waals surface area contributed by atoms with Gasteiger partial charge in [-0.05, 0) is 46.3 Å². The van der Waals surface area contributed by atoms with E-state index < -0.39 is 5.97 Å². The lowest BCUT2D eigenvalue weighted by Gasteiger charge is -2.08. The summed E-state index contributed by atoms with van der Waals surface area (Å²) in [5.74, 6) is -0.258. The summed E-state index contributed by atoms with van der Waals surface area (Å²) in [6.07, 6.45) is 1.64. The molecule has 0 saturated carbocycles. The highest BCUT2D eigenvalue weighted by Gasteiger charge is 2.09. The third-order valence-corrected chi connectivity index (χ3v) is 3.12. The van der Waals surface area contributed by atoms with E-state index in [1.165, 1.54) is 25.3 Å². The number of aromatic nitrogens is 1. The highest BCUT2D eigenvalue weighted by Crippen LogP contribution is 2.15. The van der Waals surface area contributed by atoms with Gasteiger partial charge in [0.05, 0.1) is 12.7 Å². The number of methoxy groups -OCH3 is 1. The van der Waals surface area contributed by atoms with Crippen LogP contribution in [0.4, 0.5) is 10.2 Å². The van der Waals surface area contributed by atoms with Gasteiger partial charge in [0.25, 0.3) is 0 Å². The van der Waals surface area contributed by atoms with Crippen LogP contribution in [0.1, 0.15) is 15.9 Å². The number of esters is 1. The summed E-state index contributed by atoms with van der Waals surface area (Å²) >= 11 is 3.28. The summed E-state index contributed by atoms with van der Waals surface area (Å²) in [5.41, 5.74) is 0.687. The zero-order valence-corrected chi connectivity index (χ0v) is 12.3. The van der Waals surface area contributed by atoms with Crippen LogP contribution in [0.25, 0.3) is 0 Å². The molecular formula is C14H12BrFN2O2. The molecule has 0 bridgehead atoms. The molecule has 0 aliphatic rings. The average molecular weight is 339 g/mol. The lowest BCUT2D eigenvalue weighted by molar-refractivity contribution is 0.0600. The van der Waals surface area contributed by atoms with Crippen LogP contribution >= 0.6 is 15.9 Å². The van der Waals surface area contributed by atoms with Crippen molar-refractivity contribution >= 4 is 27.7 Å². The molecule has 0 unspecified atom stereocenters. The van der Waals surface area contributed by atoms with Gasteiger partial charge in [-0.2, -0.15) is 0 Å². The Kier molecular flexibility index (Phi) is 4.68. The standard InChI is InChI=1S/C14H12BrFN2O2/c1-20-14(19)9-2-4-12(16)10(6-9)7-17-13-5-3-11(15)8-18-13/h2-6,8H,7H2,1H3,(H,17,18). The highest BCUT2D eigenvalue weighted by atomic mass is 79.9. The molecule has 1 N–H and O–H groups in total. The Morgan fingerprint density at radius 2 is 2.20 bits per heavy atom. The molecule has 0 amide bonds. The fourth-order valence-corrected chi connectivity index (χ4v) is 1.86. The van der Waals surface area contributed by atoms with Gasteiger partial charge in [-0.25, -0.2) is 14.2 Å². The predicted molar refractivity (Wildman–Crippen MR) is 77.0 cm³/mol. The number of nitrogens with one attached hydrogen (secondary N) is 1. The Hall–Kier alpha value is -1.95. The minimum atomic E-state index is -0.493. The van der Waals surface area contributed by atoms with E-state index in [-0.39, 0.29) is 12.4 Å². The molecule has 0 spiro atoms. The number of rotatable bonds is 4. The Morgan fingerprint density at radius 1 is 1.40 bits per heavy atom. The summed E-state index contributed by atoms with van der Waals surface area (Å²) in [4.78, 5) is 15.5. The smallest absolute Gasteiger partial charge is 0.337 e. The maximum Gasteiger partial charge on any atom is 0.337 e. The number of ether oxygens (including phenoxy) is 1. The van der Waals surface area contributed by atoms with Crippen molar-refractivity contribution in [2.24, 2.45) is 0 Å². The molecule has 1 aromatic carbocycles. The van der Waals surface area contributed by atoms with Gasteiger partial charge in [-0.3, -0.25) is 0 Å². The fraction of sp³-hybridized carbons (Fsp3) is 0.143. The number of anilines is 1. The normalized spacial score (nSPS) is 10.2. The summed E-state index contributed by atoms with van der Waals surface area (Å²) < 4.78 is 19.2. The van der Waals surface area contributed by atoms with Crippen molar-refractivity contribution in [2.75, 3.05) is 12.4 Å². The second-order valence-electron chi connectivity index (χ2n) is 4.01. The van der Waals surface area contributed by atoms with Crippen LogP contribution in [0, 0.1) is 5.82 Å². The van der Waals surface area contributed by atoms with Crippen molar-refractivity contribution in [3.8, 4) is 0 Å². The summed E-state index contributed by atoms with van der Waals surface area (Å²) in [5, 5.41) is 2.99. The second-order valence-corrected chi connectivity index (χ2v) is 4.93. The minimum absolute atomic E-state index is 0.227. The summed E-state index contributed by atoms with van der Waals surface area (Å²) in [6.45, 7) is 0.227. The largest absolute Gasteiger partial charge is 0.465 e. The number of hydrogen-bond acceptors (Lipinski definition) is 4. The molecule has 0 fully saturated rings. The Bertz CT molecular complexity index is 617. The Labute approximate surface area is 124 Å².